The first kappa shape index (κ1) is 40.5. The Balaban J connectivity index is 1.28. The summed E-state index contributed by atoms with van der Waals surface area (Å²) in [5, 5.41) is 25.2. The Morgan fingerprint density at radius 1 is 0.717 bits per heavy atom. The van der Waals surface area contributed by atoms with Gasteiger partial charge in [-0.25, -0.2) is 9.13 Å². The van der Waals surface area contributed by atoms with E-state index in [9.17, 15) is 29.2 Å². The van der Waals surface area contributed by atoms with Gasteiger partial charge in [0.25, 0.3) is 11.8 Å². The lowest BCUT2D eigenvalue weighted by molar-refractivity contribution is -0.688. The van der Waals surface area contributed by atoms with Crippen LogP contribution in [0, 0.1) is 6.92 Å². The highest BCUT2D eigenvalue weighted by Crippen LogP contribution is 2.12. The van der Waals surface area contributed by atoms with Crippen LogP contribution in [0.4, 0.5) is 0 Å². The first-order chi connectivity index (χ1) is 25.5. The van der Waals surface area contributed by atoms with Crippen molar-refractivity contribution in [3.8, 4) is 0 Å². The van der Waals surface area contributed by atoms with Gasteiger partial charge in [0, 0.05) is 54.8 Å². The van der Waals surface area contributed by atoms with Gasteiger partial charge in [-0.1, -0.05) is 61.5 Å². The number of aryl methyl sites for hydroxylation is 1. The largest absolute Gasteiger partial charge is 0.488 e. The van der Waals surface area contributed by atoms with Crippen molar-refractivity contribution >= 4 is 36.0 Å². The van der Waals surface area contributed by atoms with Crippen LogP contribution in [-0.2, 0) is 22.7 Å². The van der Waals surface area contributed by atoms with Crippen molar-refractivity contribution in [3.05, 3.63) is 138 Å². The molecule has 11 heteroatoms. The third-order valence-electron chi connectivity index (χ3n) is 9.31. The number of allylic oxidation sites excluding steroid dienone is 1. The monoisotopic (exact) mass is 718 g/mol. The Kier molecular flexibility index (Phi) is 15.8. The number of nitrogens with one attached hydrogen (secondary N) is 2. The summed E-state index contributed by atoms with van der Waals surface area (Å²) in [6, 6.07) is 21.5. The summed E-state index contributed by atoms with van der Waals surface area (Å²) in [6.07, 6.45) is 11.7. The number of carbonyl (C=O) groups is 4. The van der Waals surface area contributed by atoms with Gasteiger partial charge in [-0.3, -0.25) is 19.2 Å². The first-order valence-corrected chi connectivity index (χ1v) is 18.3. The molecule has 0 spiro atoms. The van der Waals surface area contributed by atoms with Crippen molar-refractivity contribution < 1.29 is 38.4 Å². The van der Waals surface area contributed by atoms with Crippen molar-refractivity contribution in [1.29, 1.82) is 0 Å². The molecule has 4 rings (SSSR count). The van der Waals surface area contributed by atoms with Gasteiger partial charge in [0.2, 0.25) is 0 Å². The molecule has 53 heavy (non-hydrogen) atoms. The van der Waals surface area contributed by atoms with Crippen LogP contribution in [0.3, 0.4) is 0 Å². The van der Waals surface area contributed by atoms with E-state index in [-0.39, 0.29) is 23.4 Å². The zero-order valence-corrected chi connectivity index (χ0v) is 30.8. The number of aromatic nitrogens is 2. The molecule has 1 unspecified atom stereocenters. The maximum absolute atomic E-state index is 13.4. The van der Waals surface area contributed by atoms with Gasteiger partial charge in [0.05, 0.1) is 17.2 Å². The highest BCUT2D eigenvalue weighted by molar-refractivity contribution is 6.59. The zero-order valence-electron chi connectivity index (χ0n) is 30.8. The molecule has 0 fully saturated rings. The van der Waals surface area contributed by atoms with Crippen LogP contribution in [0.5, 0.6) is 0 Å². The Labute approximate surface area is 312 Å². The van der Waals surface area contributed by atoms with E-state index >= 15 is 0 Å². The zero-order chi connectivity index (χ0) is 38.2. The molecule has 4 N–H and O–H groups in total. The Morgan fingerprint density at radius 2 is 1.28 bits per heavy atom. The van der Waals surface area contributed by atoms with Crippen LogP contribution in [-0.4, -0.2) is 53.1 Å². The minimum Gasteiger partial charge on any atom is -0.423 e. The highest BCUT2D eigenvalue weighted by Gasteiger charge is 2.22. The van der Waals surface area contributed by atoms with Crippen LogP contribution in [0.1, 0.15) is 95.7 Å². The number of hydrogen-bond acceptors (Lipinski definition) is 6. The molecule has 276 valence electrons. The SMILES string of the molecule is C=C(C)C(=O)CCCCCC(=O)C(CCCCNC(=O)c1cc[n+](Cc2ccccc2B(O)O)cc1)NC(=O)c1cc[n+](Cc2ccccc2C)cc1. The molecule has 0 aliphatic rings. The number of pyridine rings is 2. The minimum atomic E-state index is -1.57. The van der Waals surface area contributed by atoms with Crippen LogP contribution >= 0.6 is 0 Å². The summed E-state index contributed by atoms with van der Waals surface area (Å²) in [4.78, 5) is 51.4. The average molecular weight is 719 g/mol. The highest BCUT2D eigenvalue weighted by atomic mass is 16.4. The molecule has 2 aromatic carbocycles. The maximum atomic E-state index is 13.4. The van der Waals surface area contributed by atoms with Gasteiger partial charge in [-0.05, 0) is 62.6 Å². The lowest BCUT2D eigenvalue weighted by Crippen LogP contribution is -2.41. The lowest BCUT2D eigenvalue weighted by atomic mass is 9.77. The van der Waals surface area contributed by atoms with E-state index in [1.54, 1.807) is 55.7 Å². The molecule has 0 radical (unpaired) electrons. The normalized spacial score (nSPS) is 11.4. The van der Waals surface area contributed by atoms with Crippen LogP contribution in [0.25, 0.3) is 0 Å². The Bertz CT molecular complexity index is 1860. The number of rotatable bonds is 21. The smallest absolute Gasteiger partial charge is 0.423 e. The van der Waals surface area contributed by atoms with Crippen molar-refractivity contribution in [1.82, 2.24) is 10.6 Å². The maximum Gasteiger partial charge on any atom is 0.488 e. The number of amides is 2. The first-order valence-electron chi connectivity index (χ1n) is 18.3. The van der Waals surface area contributed by atoms with E-state index in [1.165, 1.54) is 11.1 Å². The third kappa shape index (κ3) is 13.0. The molecule has 10 nitrogen and oxygen atoms in total. The van der Waals surface area contributed by atoms with Crippen molar-refractivity contribution in [3.63, 3.8) is 0 Å². The average Bonchev–Trinajstić information content (AvgIpc) is 3.15. The Hall–Kier alpha value is -5.26. The van der Waals surface area contributed by atoms with Crippen molar-refractivity contribution in [2.45, 2.75) is 84.3 Å². The number of unbranched alkanes of at least 4 members (excludes halogenated alkanes) is 3. The molecule has 0 aliphatic heterocycles. The molecule has 0 aliphatic carbocycles. The van der Waals surface area contributed by atoms with Crippen molar-refractivity contribution in [2.24, 2.45) is 0 Å². The summed E-state index contributed by atoms with van der Waals surface area (Å²) < 4.78 is 3.86. The molecule has 0 bridgehead atoms. The van der Waals surface area contributed by atoms with Gasteiger partial charge < -0.3 is 20.7 Å². The molecule has 1 atom stereocenters. The van der Waals surface area contributed by atoms with Gasteiger partial charge in [-0.2, -0.15) is 0 Å². The van der Waals surface area contributed by atoms with E-state index < -0.39 is 13.2 Å². The summed E-state index contributed by atoms with van der Waals surface area (Å²) in [7, 11) is -1.57. The van der Waals surface area contributed by atoms with E-state index in [1.807, 2.05) is 45.8 Å². The molecule has 2 aromatic heterocycles. The topological polar surface area (TPSA) is 141 Å². The molecule has 4 aromatic rings. The summed E-state index contributed by atoms with van der Waals surface area (Å²) in [6.45, 7) is 8.96. The molecule has 2 heterocycles. The fourth-order valence-corrected chi connectivity index (χ4v) is 6.02. The van der Waals surface area contributed by atoms with Crippen LogP contribution < -0.4 is 25.2 Å². The predicted molar refractivity (Wildman–Crippen MR) is 204 cm³/mol. The second kappa shape index (κ2) is 20.7. The standard InChI is InChI=1S/C42H49BN4O6/c1-31(2)39(48)18-5-4-6-19-40(49)38(45-42(51)34-22-27-46(28-23-34)29-35-14-8-7-13-32(35)3)17-11-12-24-44-41(50)33-20-25-47(26-21-33)30-36-15-9-10-16-37(36)43(52)53/h7-10,13-16,20-23,25-28,38,52-53H,1,4-6,11-12,17-19,24,29-30H2,2-3H3/p+2. The Morgan fingerprint density at radius 3 is 1.91 bits per heavy atom. The molecular formula is C42H51BN4O6+2. The quantitative estimate of drug-likeness (QED) is 0.0449. The van der Waals surface area contributed by atoms with Gasteiger partial charge >= 0.3 is 7.12 Å². The lowest BCUT2D eigenvalue weighted by Gasteiger charge is -2.18. The molecular weight excluding hydrogens is 667 g/mol. The van der Waals surface area contributed by atoms with Gasteiger partial charge in [0.15, 0.2) is 49.4 Å². The minimum absolute atomic E-state index is 0.0365. The van der Waals surface area contributed by atoms with E-state index in [4.69, 9.17) is 0 Å². The van der Waals surface area contributed by atoms with E-state index in [0.29, 0.717) is 86.7 Å². The fraction of sp³-hybridized carbons (Fsp3) is 0.333. The van der Waals surface area contributed by atoms with E-state index in [2.05, 4.69) is 36.3 Å². The number of benzene rings is 2. The fourth-order valence-electron chi connectivity index (χ4n) is 6.02. The second-order valence-corrected chi connectivity index (χ2v) is 13.5. The molecule has 2 amide bonds. The van der Waals surface area contributed by atoms with Crippen LogP contribution in [0.2, 0.25) is 0 Å². The van der Waals surface area contributed by atoms with Gasteiger partial charge in [-0.15, -0.1) is 0 Å². The molecule has 0 saturated heterocycles. The predicted octanol–water partition coefficient (Wildman–Crippen LogP) is 3.71. The summed E-state index contributed by atoms with van der Waals surface area (Å²) in [5.41, 5.74) is 5.07. The summed E-state index contributed by atoms with van der Waals surface area (Å²) in [5.74, 6) is -0.551. The number of carbonyl (C=O) groups excluding carboxylic acids is 4. The summed E-state index contributed by atoms with van der Waals surface area (Å²) >= 11 is 0. The number of hydrogen-bond donors (Lipinski definition) is 4. The number of nitrogens with zero attached hydrogens (tertiary/aromatic N) is 2. The third-order valence-corrected chi connectivity index (χ3v) is 9.31. The number of ketones is 2. The van der Waals surface area contributed by atoms with Gasteiger partial charge in [0.1, 0.15) is 0 Å². The van der Waals surface area contributed by atoms with Crippen LogP contribution in [0.15, 0.2) is 110 Å². The second-order valence-electron chi connectivity index (χ2n) is 13.5. The molecule has 0 saturated carbocycles. The van der Waals surface area contributed by atoms with E-state index in [0.717, 1.165) is 12.0 Å². The number of Topliss-reactive ketones (excluding diaryl/α,β-unsaturated/α-hetero) is 2. The van der Waals surface area contributed by atoms with Crippen molar-refractivity contribution in [2.75, 3.05) is 6.54 Å².